The van der Waals surface area contributed by atoms with Gasteiger partial charge in [0, 0.05) is 29.7 Å². The second-order valence-electron chi connectivity index (χ2n) is 17.8. The number of allylic oxidation sites excluding steroid dienone is 1. The number of nitrogens with one attached hydrogen (secondary N) is 2. The summed E-state index contributed by atoms with van der Waals surface area (Å²) in [5.41, 5.74) is 4.62. The molecule has 0 aromatic heterocycles. The number of amides is 2. The third-order valence-electron chi connectivity index (χ3n) is 13.3. The van der Waals surface area contributed by atoms with Crippen molar-refractivity contribution in [2.24, 2.45) is 17.3 Å². The van der Waals surface area contributed by atoms with Gasteiger partial charge < -0.3 is 39.8 Å². The molecule has 11 nitrogen and oxygen atoms in total. The van der Waals surface area contributed by atoms with E-state index in [-0.39, 0.29) is 36.2 Å². The number of epoxide rings is 1. The van der Waals surface area contributed by atoms with Crippen molar-refractivity contribution in [1.82, 2.24) is 10.6 Å². The quantitative estimate of drug-likeness (QED) is 0.135. The maximum atomic E-state index is 14.2. The van der Waals surface area contributed by atoms with Gasteiger partial charge >= 0.3 is 5.97 Å². The van der Waals surface area contributed by atoms with E-state index in [2.05, 4.69) is 37.5 Å². The third-order valence-corrected chi connectivity index (χ3v) is 13.3. The number of carbonyl (C=O) groups is 3. The Kier molecular flexibility index (Phi) is 11.4. The fourth-order valence-electron chi connectivity index (χ4n) is 9.90. The number of carbonyl (C=O) groups excluding carboxylic acids is 3. The minimum Gasteiger partial charge on any atom is -0.456 e. The first kappa shape index (κ1) is 41.1. The van der Waals surface area contributed by atoms with E-state index in [1.54, 1.807) is 12.1 Å². The second-order valence-corrected chi connectivity index (χ2v) is 17.8. The van der Waals surface area contributed by atoms with Gasteiger partial charge in [0.1, 0.15) is 24.4 Å². The molecule has 8 rings (SSSR count). The average molecular weight is 805 g/mol. The molecule has 11 heteroatoms. The molecule has 0 spiro atoms. The van der Waals surface area contributed by atoms with Crippen molar-refractivity contribution in [2.45, 2.75) is 114 Å². The summed E-state index contributed by atoms with van der Waals surface area (Å²) in [5.74, 6) is -2.16. The third kappa shape index (κ3) is 8.28. The highest BCUT2D eigenvalue weighted by Gasteiger charge is 2.57. The summed E-state index contributed by atoms with van der Waals surface area (Å²) in [6.45, 7) is 8.05. The van der Waals surface area contributed by atoms with Crippen LogP contribution in [0.3, 0.4) is 0 Å². The number of hydrogen-bond acceptors (Lipinski definition) is 9. The van der Waals surface area contributed by atoms with Crippen LogP contribution in [0.4, 0.5) is 0 Å². The van der Waals surface area contributed by atoms with Crippen LogP contribution in [0.15, 0.2) is 102 Å². The SMILES string of the molecule is CC(O)C(NC(=O)C1=CC2OC(c3ccccc3)(c3ccccc3)OC2C(OC(=O)c2cccc(C=C3CCC4OC4(C)CCC4C3CC4(C)C)c2)C1)C(=O)NCCO. The number of hydrogen-bond donors (Lipinski definition) is 4. The van der Waals surface area contributed by atoms with Gasteiger partial charge in [0.05, 0.1) is 30.0 Å². The minimum absolute atomic E-state index is 0.00692. The van der Waals surface area contributed by atoms with Gasteiger partial charge in [-0.2, -0.15) is 0 Å². The zero-order valence-electron chi connectivity index (χ0n) is 34.3. The number of rotatable bonds is 11. The lowest BCUT2D eigenvalue weighted by Crippen LogP contribution is -2.54. The molecular weight excluding hydrogens is 749 g/mol. The van der Waals surface area contributed by atoms with Crippen LogP contribution in [0.25, 0.3) is 6.08 Å². The van der Waals surface area contributed by atoms with E-state index in [4.69, 9.17) is 18.9 Å². The van der Waals surface area contributed by atoms with E-state index in [9.17, 15) is 24.6 Å². The molecule has 312 valence electrons. The zero-order chi connectivity index (χ0) is 41.5. The van der Waals surface area contributed by atoms with Gasteiger partial charge in [0.15, 0.2) is 0 Å². The molecule has 9 unspecified atom stereocenters. The maximum Gasteiger partial charge on any atom is 0.338 e. The molecule has 3 aromatic rings. The molecule has 3 aromatic carbocycles. The molecule has 2 saturated carbocycles. The van der Waals surface area contributed by atoms with E-state index in [0.717, 1.165) is 48.8 Å². The molecule has 4 fully saturated rings. The van der Waals surface area contributed by atoms with Gasteiger partial charge in [0.25, 0.3) is 0 Å². The van der Waals surface area contributed by atoms with E-state index in [1.807, 2.05) is 78.9 Å². The summed E-state index contributed by atoms with van der Waals surface area (Å²) >= 11 is 0. The minimum atomic E-state index is -1.39. The van der Waals surface area contributed by atoms with E-state index >= 15 is 0 Å². The summed E-state index contributed by atoms with van der Waals surface area (Å²) in [6.07, 6.45) is 5.61. The highest BCUT2D eigenvalue weighted by molar-refractivity contribution is 5.97. The molecule has 3 aliphatic carbocycles. The lowest BCUT2D eigenvalue weighted by Gasteiger charge is -2.53. The first-order chi connectivity index (χ1) is 28.3. The maximum absolute atomic E-state index is 14.2. The molecule has 0 bridgehead atoms. The van der Waals surface area contributed by atoms with Gasteiger partial charge in [-0.25, -0.2) is 4.79 Å². The summed E-state index contributed by atoms with van der Waals surface area (Å²) in [6, 6.07) is 25.2. The monoisotopic (exact) mass is 804 g/mol. The largest absolute Gasteiger partial charge is 0.456 e. The van der Waals surface area contributed by atoms with Gasteiger partial charge in [-0.15, -0.1) is 0 Å². The van der Waals surface area contributed by atoms with Crippen molar-refractivity contribution < 1.29 is 43.5 Å². The van der Waals surface area contributed by atoms with Crippen molar-refractivity contribution in [2.75, 3.05) is 13.2 Å². The number of aliphatic hydroxyl groups is 2. The topological polar surface area (TPSA) is 156 Å². The molecule has 2 saturated heterocycles. The van der Waals surface area contributed by atoms with Crippen molar-refractivity contribution in [1.29, 1.82) is 0 Å². The lowest BCUT2D eigenvalue weighted by molar-refractivity contribution is -0.157. The first-order valence-electron chi connectivity index (χ1n) is 21.0. The Morgan fingerprint density at radius 1 is 0.932 bits per heavy atom. The Labute approximate surface area is 346 Å². The molecule has 5 aliphatic rings. The fraction of sp³-hybridized carbons (Fsp3) is 0.479. The second kappa shape index (κ2) is 16.4. The molecule has 4 N–H and O–H groups in total. The van der Waals surface area contributed by atoms with Gasteiger partial charge in [-0.3, -0.25) is 9.59 Å². The Morgan fingerprint density at radius 3 is 2.31 bits per heavy atom. The summed E-state index contributed by atoms with van der Waals surface area (Å²) in [7, 11) is 0. The summed E-state index contributed by atoms with van der Waals surface area (Å²) < 4.78 is 26.2. The van der Waals surface area contributed by atoms with Gasteiger partial charge in [0.2, 0.25) is 17.6 Å². The van der Waals surface area contributed by atoms with Crippen LogP contribution >= 0.6 is 0 Å². The van der Waals surface area contributed by atoms with Crippen molar-refractivity contribution in [3.63, 3.8) is 0 Å². The number of benzene rings is 3. The Balaban J connectivity index is 1.08. The molecule has 2 aliphatic heterocycles. The first-order valence-corrected chi connectivity index (χ1v) is 21.0. The Bertz CT molecular complexity index is 2060. The predicted octanol–water partition coefficient (Wildman–Crippen LogP) is 5.98. The number of esters is 1. The van der Waals surface area contributed by atoms with Crippen LogP contribution < -0.4 is 10.6 Å². The van der Waals surface area contributed by atoms with Crippen molar-refractivity contribution >= 4 is 23.9 Å². The zero-order valence-corrected chi connectivity index (χ0v) is 34.3. The normalized spacial score (nSPS) is 30.6. The van der Waals surface area contributed by atoms with E-state index < -0.39 is 54.0 Å². The van der Waals surface area contributed by atoms with Crippen LogP contribution in [-0.2, 0) is 34.3 Å². The van der Waals surface area contributed by atoms with Crippen LogP contribution in [0.5, 0.6) is 0 Å². The van der Waals surface area contributed by atoms with Gasteiger partial charge in [-0.1, -0.05) is 98.3 Å². The predicted molar refractivity (Wildman–Crippen MR) is 221 cm³/mol. The van der Waals surface area contributed by atoms with Crippen LogP contribution in [0, 0.1) is 17.3 Å². The number of ether oxygens (including phenoxy) is 4. The molecule has 0 radical (unpaired) electrons. The molecule has 2 amide bonds. The van der Waals surface area contributed by atoms with Crippen LogP contribution in [0.2, 0.25) is 0 Å². The number of aliphatic hydroxyl groups excluding tert-OH is 2. The van der Waals surface area contributed by atoms with E-state index in [0.29, 0.717) is 23.5 Å². The smallest absolute Gasteiger partial charge is 0.338 e. The highest BCUT2D eigenvalue weighted by Crippen LogP contribution is 2.60. The Hall–Kier alpha value is -4.65. The van der Waals surface area contributed by atoms with E-state index in [1.165, 1.54) is 12.5 Å². The van der Waals surface area contributed by atoms with Crippen molar-refractivity contribution in [3.8, 4) is 0 Å². The standard InChI is InChI=1S/C48H56N2O9/c1-29(52)41(44(54)49-22-23-51)50-43(53)33-26-38(42-39(27-33)57-48(59-42,34-14-7-5-8-15-34)35-16-9-6-10-17-35)56-45(55)32-13-11-12-30(25-32)24-31-18-19-40-47(4,58-40)21-20-37-36(31)28-46(37,2)3/h5-17,24-25,27,29,36-42,51-52H,18-23,26,28H2,1-4H3,(H,49,54)(H,50,53). The van der Waals surface area contributed by atoms with Crippen LogP contribution in [0.1, 0.15) is 93.3 Å². The molecule has 2 heterocycles. The molecule has 9 atom stereocenters. The highest BCUT2D eigenvalue weighted by atomic mass is 16.8. The van der Waals surface area contributed by atoms with Crippen LogP contribution in [-0.4, -0.2) is 83.3 Å². The van der Waals surface area contributed by atoms with Crippen molar-refractivity contribution in [3.05, 3.63) is 124 Å². The fourth-order valence-corrected chi connectivity index (χ4v) is 9.90. The Morgan fingerprint density at radius 2 is 1.64 bits per heavy atom. The lowest BCUT2D eigenvalue weighted by atomic mass is 9.52. The van der Waals surface area contributed by atoms with Gasteiger partial charge in [-0.05, 0) is 87.0 Å². The molecule has 59 heavy (non-hydrogen) atoms. The summed E-state index contributed by atoms with van der Waals surface area (Å²) in [5, 5.41) is 24.8. The number of fused-ring (bicyclic) bond motifs is 3. The average Bonchev–Trinajstić information content (AvgIpc) is 3.68. The molecular formula is C48H56N2O9. The summed E-state index contributed by atoms with van der Waals surface area (Å²) in [4.78, 5) is 41.1.